The van der Waals surface area contributed by atoms with Crippen LogP contribution < -0.4 is 0 Å². The topological polar surface area (TPSA) is 80.8 Å². The minimum absolute atomic E-state index is 0.188. The molecule has 6 nitrogen and oxygen atoms in total. The quantitative estimate of drug-likeness (QED) is 0.416. The molecule has 0 spiro atoms. The molecule has 1 saturated heterocycles. The molecule has 2 atom stereocenters. The van der Waals surface area contributed by atoms with Gasteiger partial charge in [-0.25, -0.2) is 4.79 Å². The second-order valence-electron chi connectivity index (χ2n) is 7.92. The van der Waals surface area contributed by atoms with E-state index in [0.717, 1.165) is 6.42 Å². The first kappa shape index (κ1) is 21.4. The molecule has 1 fully saturated rings. The third-order valence-electron chi connectivity index (χ3n) is 5.17. The molecule has 2 aromatic rings. The normalized spacial score (nSPS) is 18.5. The Kier molecular flexibility index (Phi) is 6.77. The zero-order valence-electron chi connectivity index (χ0n) is 17.2. The molecule has 30 heavy (non-hydrogen) atoms. The van der Waals surface area contributed by atoms with Crippen molar-refractivity contribution in [2.75, 3.05) is 19.7 Å². The van der Waals surface area contributed by atoms with Crippen molar-refractivity contribution in [3.8, 4) is 0 Å². The van der Waals surface area contributed by atoms with Crippen LogP contribution in [0.15, 0.2) is 54.6 Å². The molecule has 3 rings (SSSR count). The van der Waals surface area contributed by atoms with Gasteiger partial charge in [0.25, 0.3) is 5.91 Å². The summed E-state index contributed by atoms with van der Waals surface area (Å²) in [6, 6.07) is 14.0. The van der Waals surface area contributed by atoms with Gasteiger partial charge in [0.1, 0.15) is 0 Å². The molecule has 0 unspecified atom stereocenters. The highest BCUT2D eigenvalue weighted by Gasteiger charge is 2.26. The highest BCUT2D eigenvalue weighted by atomic mass is 16.5. The molecule has 1 aliphatic rings. The van der Waals surface area contributed by atoms with Gasteiger partial charge < -0.3 is 9.64 Å². The summed E-state index contributed by atoms with van der Waals surface area (Å²) in [5.74, 6) is -1.25. The number of amides is 1. The van der Waals surface area contributed by atoms with Crippen molar-refractivity contribution >= 4 is 23.4 Å². The van der Waals surface area contributed by atoms with Crippen molar-refractivity contribution in [3.05, 3.63) is 71.3 Å². The summed E-state index contributed by atoms with van der Waals surface area (Å²) < 4.78 is 5.15. The van der Waals surface area contributed by atoms with Gasteiger partial charge in [-0.2, -0.15) is 0 Å². The van der Waals surface area contributed by atoms with Crippen molar-refractivity contribution in [2.24, 2.45) is 11.8 Å². The Morgan fingerprint density at radius 3 is 1.87 bits per heavy atom. The van der Waals surface area contributed by atoms with Gasteiger partial charge in [0.05, 0.1) is 5.56 Å². The van der Waals surface area contributed by atoms with E-state index >= 15 is 0 Å². The molecule has 1 amide bonds. The molecule has 0 aliphatic carbocycles. The van der Waals surface area contributed by atoms with Crippen molar-refractivity contribution < 1.29 is 23.9 Å². The van der Waals surface area contributed by atoms with E-state index in [-0.39, 0.29) is 23.6 Å². The van der Waals surface area contributed by atoms with Gasteiger partial charge in [-0.1, -0.05) is 56.3 Å². The molecule has 0 aromatic heterocycles. The number of carbonyl (C=O) groups excluding carboxylic acids is 4. The highest BCUT2D eigenvalue weighted by Crippen LogP contribution is 2.21. The third-order valence-corrected chi connectivity index (χ3v) is 5.17. The summed E-state index contributed by atoms with van der Waals surface area (Å²) in [5, 5.41) is 0. The van der Waals surface area contributed by atoms with Gasteiger partial charge in [-0.05, 0) is 30.4 Å². The summed E-state index contributed by atoms with van der Waals surface area (Å²) >= 11 is 0. The maximum Gasteiger partial charge on any atom is 0.338 e. The van der Waals surface area contributed by atoms with Gasteiger partial charge in [0.2, 0.25) is 11.6 Å². The predicted molar refractivity (Wildman–Crippen MR) is 111 cm³/mol. The lowest BCUT2D eigenvalue weighted by atomic mass is 9.92. The first-order valence-corrected chi connectivity index (χ1v) is 10.0. The Bertz CT molecular complexity index is 926. The van der Waals surface area contributed by atoms with Crippen LogP contribution in [0.4, 0.5) is 0 Å². The molecular formula is C24H25NO5. The standard InChI is InChI=1S/C24H25NO5/c1-16-12-17(2)14-25(13-16)21(26)15-30-24(29)20-10-8-19(9-11-20)23(28)22(27)18-6-4-3-5-7-18/h3-11,16-17H,12-15H2,1-2H3/t16-,17+. The van der Waals surface area contributed by atoms with E-state index in [1.807, 2.05) is 0 Å². The zero-order chi connectivity index (χ0) is 21.7. The Morgan fingerprint density at radius 2 is 1.30 bits per heavy atom. The molecule has 1 aliphatic heterocycles. The van der Waals surface area contributed by atoms with Gasteiger partial charge >= 0.3 is 5.97 Å². The van der Waals surface area contributed by atoms with Crippen LogP contribution in [0.1, 0.15) is 51.3 Å². The van der Waals surface area contributed by atoms with Crippen LogP contribution in [0.5, 0.6) is 0 Å². The number of carbonyl (C=O) groups is 4. The van der Waals surface area contributed by atoms with Crippen LogP contribution in [0, 0.1) is 11.8 Å². The fourth-order valence-electron chi connectivity index (χ4n) is 3.78. The number of ketones is 2. The minimum Gasteiger partial charge on any atom is -0.452 e. The van der Waals surface area contributed by atoms with Crippen molar-refractivity contribution in [1.29, 1.82) is 0 Å². The van der Waals surface area contributed by atoms with E-state index in [2.05, 4.69) is 13.8 Å². The number of rotatable bonds is 6. The van der Waals surface area contributed by atoms with Gasteiger partial charge in [0, 0.05) is 24.2 Å². The zero-order valence-corrected chi connectivity index (χ0v) is 17.2. The van der Waals surface area contributed by atoms with Crippen LogP contribution in [-0.4, -0.2) is 48.0 Å². The van der Waals surface area contributed by atoms with Crippen molar-refractivity contribution in [1.82, 2.24) is 4.90 Å². The van der Waals surface area contributed by atoms with E-state index < -0.39 is 17.5 Å². The van der Waals surface area contributed by atoms with E-state index in [0.29, 0.717) is 30.5 Å². The van der Waals surface area contributed by atoms with Gasteiger partial charge in [-0.3, -0.25) is 14.4 Å². The Hall–Kier alpha value is -3.28. The number of benzene rings is 2. The summed E-state index contributed by atoms with van der Waals surface area (Å²) in [7, 11) is 0. The molecule has 0 radical (unpaired) electrons. The molecule has 0 bridgehead atoms. The predicted octanol–water partition coefficient (Wildman–Crippen LogP) is 3.41. The smallest absolute Gasteiger partial charge is 0.338 e. The highest BCUT2D eigenvalue weighted by molar-refractivity contribution is 6.49. The Morgan fingerprint density at radius 1 is 0.800 bits per heavy atom. The number of likely N-dealkylation sites (tertiary alicyclic amines) is 1. The molecular weight excluding hydrogens is 382 g/mol. The summed E-state index contributed by atoms with van der Waals surface area (Å²) in [5.41, 5.74) is 0.713. The van der Waals surface area contributed by atoms with Crippen molar-refractivity contribution in [3.63, 3.8) is 0 Å². The number of hydrogen-bond donors (Lipinski definition) is 0. The lowest BCUT2D eigenvalue weighted by Crippen LogP contribution is -2.44. The van der Waals surface area contributed by atoms with Crippen LogP contribution in [0.2, 0.25) is 0 Å². The average Bonchev–Trinajstić information content (AvgIpc) is 2.76. The number of nitrogens with zero attached hydrogens (tertiary/aromatic N) is 1. The van der Waals surface area contributed by atoms with Crippen LogP contribution >= 0.6 is 0 Å². The van der Waals surface area contributed by atoms with Crippen LogP contribution in [0.3, 0.4) is 0 Å². The largest absolute Gasteiger partial charge is 0.452 e. The number of piperidine rings is 1. The SMILES string of the molecule is C[C@@H]1C[C@H](C)CN(C(=O)COC(=O)c2ccc(C(=O)C(=O)c3ccccc3)cc2)C1. The molecule has 1 heterocycles. The summed E-state index contributed by atoms with van der Waals surface area (Å²) in [4.78, 5) is 50.9. The third kappa shape index (κ3) is 5.20. The van der Waals surface area contributed by atoms with E-state index in [1.54, 1.807) is 35.2 Å². The minimum atomic E-state index is -0.648. The number of Topliss-reactive ketones (excluding diaryl/α,β-unsaturated/α-hetero) is 2. The summed E-state index contributed by atoms with van der Waals surface area (Å²) in [6.07, 6.45) is 1.08. The number of ether oxygens (including phenoxy) is 1. The molecule has 0 N–H and O–H groups in total. The fraction of sp³-hybridized carbons (Fsp3) is 0.333. The van der Waals surface area contributed by atoms with E-state index in [1.165, 1.54) is 24.3 Å². The second-order valence-corrected chi connectivity index (χ2v) is 7.92. The van der Waals surface area contributed by atoms with E-state index in [9.17, 15) is 19.2 Å². The Balaban J connectivity index is 1.56. The maximum absolute atomic E-state index is 12.4. The number of hydrogen-bond acceptors (Lipinski definition) is 5. The molecule has 6 heteroatoms. The lowest BCUT2D eigenvalue weighted by Gasteiger charge is -2.34. The van der Waals surface area contributed by atoms with E-state index in [4.69, 9.17) is 4.74 Å². The first-order valence-electron chi connectivity index (χ1n) is 10.0. The second kappa shape index (κ2) is 9.48. The molecule has 156 valence electrons. The van der Waals surface area contributed by atoms with Gasteiger partial charge in [0.15, 0.2) is 6.61 Å². The number of esters is 1. The monoisotopic (exact) mass is 407 g/mol. The van der Waals surface area contributed by atoms with Gasteiger partial charge in [-0.15, -0.1) is 0 Å². The maximum atomic E-state index is 12.4. The van der Waals surface area contributed by atoms with Crippen molar-refractivity contribution in [2.45, 2.75) is 20.3 Å². The first-order chi connectivity index (χ1) is 14.3. The lowest BCUT2D eigenvalue weighted by molar-refractivity contribution is -0.137. The average molecular weight is 407 g/mol. The molecule has 2 aromatic carbocycles. The summed E-state index contributed by atoms with van der Waals surface area (Å²) in [6.45, 7) is 5.24. The Labute approximate surface area is 175 Å². The fourth-order valence-corrected chi connectivity index (χ4v) is 3.78. The van der Waals surface area contributed by atoms with Crippen LogP contribution in [0.25, 0.3) is 0 Å². The molecule has 0 saturated carbocycles. The van der Waals surface area contributed by atoms with Crippen LogP contribution in [-0.2, 0) is 9.53 Å².